The van der Waals surface area contributed by atoms with Crippen molar-refractivity contribution in [2.45, 2.75) is 38.1 Å². The molecule has 0 unspecified atom stereocenters. The standard InChI is InChI=1S/C19H28BrN3O3S/c20-17-8-6-16(7-9-17)19(24)23(18-4-2-1-3-5-18)14-15-27(25,26)22-12-10-21-11-13-22/h6-9,18,21H,1-5,10-15H2. The Kier molecular flexibility index (Phi) is 7.30. The van der Waals surface area contributed by atoms with Gasteiger partial charge in [0.2, 0.25) is 10.0 Å². The van der Waals surface area contributed by atoms with Gasteiger partial charge in [-0.05, 0) is 37.1 Å². The van der Waals surface area contributed by atoms with Gasteiger partial charge in [0.05, 0.1) is 5.75 Å². The van der Waals surface area contributed by atoms with E-state index in [1.807, 2.05) is 17.0 Å². The average molecular weight is 458 g/mol. The molecule has 1 aliphatic carbocycles. The van der Waals surface area contributed by atoms with Gasteiger partial charge in [-0.1, -0.05) is 35.2 Å². The summed E-state index contributed by atoms with van der Waals surface area (Å²) in [5.41, 5.74) is 0.614. The average Bonchev–Trinajstić information content (AvgIpc) is 2.70. The molecule has 27 heavy (non-hydrogen) atoms. The van der Waals surface area contributed by atoms with Gasteiger partial charge in [0.15, 0.2) is 0 Å². The van der Waals surface area contributed by atoms with E-state index in [-0.39, 0.29) is 24.2 Å². The second-order valence-electron chi connectivity index (χ2n) is 7.26. The second-order valence-corrected chi connectivity index (χ2v) is 10.3. The fourth-order valence-electron chi connectivity index (χ4n) is 3.87. The Morgan fingerprint density at radius 3 is 2.37 bits per heavy atom. The minimum absolute atomic E-state index is 0.00817. The monoisotopic (exact) mass is 457 g/mol. The Hall–Kier alpha value is -0.960. The number of sulfonamides is 1. The fourth-order valence-corrected chi connectivity index (χ4v) is 5.56. The smallest absolute Gasteiger partial charge is 0.254 e. The van der Waals surface area contributed by atoms with Gasteiger partial charge in [-0.15, -0.1) is 0 Å². The summed E-state index contributed by atoms with van der Waals surface area (Å²) in [5, 5.41) is 3.17. The number of piperazine rings is 1. The Balaban J connectivity index is 1.73. The summed E-state index contributed by atoms with van der Waals surface area (Å²) in [5.74, 6) is -0.0731. The molecule has 1 saturated carbocycles. The van der Waals surface area contributed by atoms with E-state index in [9.17, 15) is 13.2 Å². The quantitative estimate of drug-likeness (QED) is 0.711. The van der Waals surface area contributed by atoms with Gasteiger partial charge in [-0.25, -0.2) is 8.42 Å². The van der Waals surface area contributed by atoms with Crippen molar-refractivity contribution in [2.24, 2.45) is 0 Å². The first-order valence-corrected chi connectivity index (χ1v) is 12.1. The van der Waals surface area contributed by atoms with Crippen LogP contribution in [-0.2, 0) is 10.0 Å². The van der Waals surface area contributed by atoms with Crippen LogP contribution in [-0.4, -0.2) is 68.0 Å². The Labute approximate surface area is 170 Å². The number of benzene rings is 1. The fraction of sp³-hybridized carbons (Fsp3) is 0.632. The summed E-state index contributed by atoms with van der Waals surface area (Å²) < 4.78 is 27.9. The number of hydrogen-bond donors (Lipinski definition) is 1. The number of halogens is 1. The highest BCUT2D eigenvalue weighted by molar-refractivity contribution is 9.10. The predicted octanol–water partition coefficient (Wildman–Crippen LogP) is 2.46. The van der Waals surface area contributed by atoms with Crippen molar-refractivity contribution in [3.63, 3.8) is 0 Å². The minimum atomic E-state index is -3.35. The molecule has 2 fully saturated rings. The number of nitrogens with one attached hydrogen (secondary N) is 1. The van der Waals surface area contributed by atoms with Gasteiger partial charge in [-0.2, -0.15) is 4.31 Å². The number of nitrogens with zero attached hydrogens (tertiary/aromatic N) is 2. The number of carbonyl (C=O) groups excluding carboxylic acids is 1. The maximum absolute atomic E-state index is 13.1. The molecular weight excluding hydrogens is 430 g/mol. The maximum atomic E-state index is 13.1. The predicted molar refractivity (Wildman–Crippen MR) is 110 cm³/mol. The maximum Gasteiger partial charge on any atom is 0.254 e. The summed E-state index contributed by atoms with van der Waals surface area (Å²) in [6, 6.07) is 7.43. The molecule has 1 saturated heterocycles. The summed E-state index contributed by atoms with van der Waals surface area (Å²) >= 11 is 3.39. The number of rotatable bonds is 6. The first-order chi connectivity index (χ1) is 13.0. The minimum Gasteiger partial charge on any atom is -0.335 e. The van der Waals surface area contributed by atoms with Gasteiger partial charge in [0.1, 0.15) is 0 Å². The lowest BCUT2D eigenvalue weighted by Crippen LogP contribution is -2.49. The molecule has 1 aromatic rings. The molecule has 1 aliphatic heterocycles. The van der Waals surface area contributed by atoms with Crippen molar-refractivity contribution < 1.29 is 13.2 Å². The third-order valence-electron chi connectivity index (χ3n) is 5.43. The zero-order valence-corrected chi connectivity index (χ0v) is 18.0. The van der Waals surface area contributed by atoms with Crippen molar-refractivity contribution in [3.05, 3.63) is 34.3 Å². The number of amides is 1. The van der Waals surface area contributed by atoms with E-state index in [0.29, 0.717) is 31.7 Å². The van der Waals surface area contributed by atoms with E-state index in [0.717, 1.165) is 30.2 Å². The Morgan fingerprint density at radius 2 is 1.74 bits per heavy atom. The normalized spacial score (nSPS) is 19.7. The van der Waals surface area contributed by atoms with Crippen LogP contribution in [0.5, 0.6) is 0 Å². The molecule has 6 nitrogen and oxygen atoms in total. The van der Waals surface area contributed by atoms with Crippen LogP contribution in [0, 0.1) is 0 Å². The van der Waals surface area contributed by atoms with Crippen LogP contribution in [0.3, 0.4) is 0 Å². The van der Waals surface area contributed by atoms with E-state index >= 15 is 0 Å². The van der Waals surface area contributed by atoms with Crippen molar-refractivity contribution in [3.8, 4) is 0 Å². The van der Waals surface area contributed by atoms with Crippen molar-refractivity contribution in [1.82, 2.24) is 14.5 Å². The molecule has 0 aromatic heterocycles. The molecule has 0 atom stereocenters. The molecule has 3 rings (SSSR count). The molecule has 0 spiro atoms. The second kappa shape index (κ2) is 9.49. The molecular formula is C19H28BrN3O3S. The SMILES string of the molecule is O=C(c1ccc(Br)cc1)N(CCS(=O)(=O)N1CCNCC1)C1CCCCC1. The Morgan fingerprint density at radius 1 is 1.11 bits per heavy atom. The highest BCUT2D eigenvalue weighted by Crippen LogP contribution is 2.25. The van der Waals surface area contributed by atoms with Gasteiger partial charge in [0.25, 0.3) is 5.91 Å². The summed E-state index contributed by atoms with van der Waals surface area (Å²) in [4.78, 5) is 14.9. The van der Waals surface area contributed by atoms with Crippen LogP contribution in [0.25, 0.3) is 0 Å². The molecule has 0 bridgehead atoms. The molecule has 8 heteroatoms. The van der Waals surface area contributed by atoms with Crippen molar-refractivity contribution in [2.75, 3.05) is 38.5 Å². The van der Waals surface area contributed by atoms with Crippen LogP contribution in [0.1, 0.15) is 42.5 Å². The molecule has 1 N–H and O–H groups in total. The lowest BCUT2D eigenvalue weighted by atomic mass is 9.93. The highest BCUT2D eigenvalue weighted by atomic mass is 79.9. The highest BCUT2D eigenvalue weighted by Gasteiger charge is 2.30. The lowest BCUT2D eigenvalue weighted by molar-refractivity contribution is 0.0649. The van der Waals surface area contributed by atoms with Crippen LogP contribution in [0.2, 0.25) is 0 Å². The first kappa shape index (κ1) is 20.8. The molecule has 1 heterocycles. The van der Waals surface area contributed by atoms with Crippen LogP contribution < -0.4 is 5.32 Å². The van der Waals surface area contributed by atoms with Crippen LogP contribution >= 0.6 is 15.9 Å². The van der Waals surface area contributed by atoms with E-state index in [2.05, 4.69) is 21.2 Å². The Bertz CT molecular complexity index is 727. The third kappa shape index (κ3) is 5.53. The molecule has 0 radical (unpaired) electrons. The van der Waals surface area contributed by atoms with Crippen molar-refractivity contribution >= 4 is 31.9 Å². The van der Waals surface area contributed by atoms with Crippen LogP contribution in [0.15, 0.2) is 28.7 Å². The summed E-state index contributed by atoms with van der Waals surface area (Å²) in [6.07, 6.45) is 5.29. The summed E-state index contributed by atoms with van der Waals surface area (Å²) in [7, 11) is -3.35. The molecule has 1 amide bonds. The van der Waals surface area contributed by atoms with E-state index in [1.54, 1.807) is 16.4 Å². The molecule has 150 valence electrons. The van der Waals surface area contributed by atoms with Gasteiger partial charge >= 0.3 is 0 Å². The van der Waals surface area contributed by atoms with Gasteiger partial charge in [-0.3, -0.25) is 4.79 Å². The summed E-state index contributed by atoms with van der Waals surface area (Å²) in [6.45, 7) is 2.64. The molecule has 1 aromatic carbocycles. The zero-order chi connectivity index (χ0) is 19.3. The van der Waals surface area contributed by atoms with E-state index in [4.69, 9.17) is 0 Å². The number of hydrogen-bond acceptors (Lipinski definition) is 4. The van der Waals surface area contributed by atoms with Gasteiger partial charge in [0, 0.05) is 48.8 Å². The zero-order valence-electron chi connectivity index (χ0n) is 15.6. The van der Waals surface area contributed by atoms with E-state index in [1.165, 1.54) is 6.42 Å². The van der Waals surface area contributed by atoms with Crippen LogP contribution in [0.4, 0.5) is 0 Å². The van der Waals surface area contributed by atoms with Crippen molar-refractivity contribution in [1.29, 1.82) is 0 Å². The number of carbonyl (C=O) groups is 1. The third-order valence-corrected chi connectivity index (χ3v) is 7.81. The largest absolute Gasteiger partial charge is 0.335 e. The van der Waals surface area contributed by atoms with Gasteiger partial charge < -0.3 is 10.2 Å². The topological polar surface area (TPSA) is 69.7 Å². The van der Waals surface area contributed by atoms with E-state index < -0.39 is 10.0 Å². The molecule has 2 aliphatic rings. The lowest BCUT2D eigenvalue weighted by Gasteiger charge is -2.35. The first-order valence-electron chi connectivity index (χ1n) is 9.72.